The van der Waals surface area contributed by atoms with Crippen molar-refractivity contribution in [2.24, 2.45) is 11.8 Å². The number of nitrogens with one attached hydrogen (secondary N) is 1. The minimum Gasteiger partial charge on any atom is -0.480 e. The Kier molecular flexibility index (Phi) is 4.32. The maximum absolute atomic E-state index is 11.6. The molecule has 0 aromatic carbocycles. The first-order valence-electron chi connectivity index (χ1n) is 5.58. The van der Waals surface area contributed by atoms with Crippen molar-refractivity contribution in [3.05, 3.63) is 0 Å². The summed E-state index contributed by atoms with van der Waals surface area (Å²) in [6.45, 7) is 3.58. The van der Waals surface area contributed by atoms with Crippen molar-refractivity contribution in [1.82, 2.24) is 4.72 Å². The van der Waals surface area contributed by atoms with Gasteiger partial charge in [-0.25, -0.2) is 13.1 Å². The van der Waals surface area contributed by atoms with Crippen LogP contribution in [0.4, 0.5) is 0 Å². The van der Waals surface area contributed by atoms with Gasteiger partial charge in [0.05, 0.1) is 5.75 Å². The van der Waals surface area contributed by atoms with Gasteiger partial charge in [0.2, 0.25) is 10.0 Å². The molecule has 2 unspecified atom stereocenters. The second-order valence-electron chi connectivity index (χ2n) is 4.54. The van der Waals surface area contributed by atoms with Crippen LogP contribution in [0.1, 0.15) is 33.1 Å². The first kappa shape index (κ1) is 13.4. The number of hydrogen-bond acceptors (Lipinski definition) is 3. The number of carboxylic acid groups (broad SMARTS) is 1. The van der Waals surface area contributed by atoms with E-state index in [1.54, 1.807) is 6.92 Å². The fraction of sp³-hybridized carbons (Fsp3) is 0.900. The summed E-state index contributed by atoms with van der Waals surface area (Å²) in [5.74, 6) is -1.02. The van der Waals surface area contributed by atoms with E-state index in [-0.39, 0.29) is 17.6 Å². The van der Waals surface area contributed by atoms with Crippen LogP contribution in [0.15, 0.2) is 0 Å². The molecule has 5 nitrogen and oxygen atoms in total. The highest BCUT2D eigenvalue weighted by molar-refractivity contribution is 7.89. The van der Waals surface area contributed by atoms with Gasteiger partial charge in [-0.15, -0.1) is 0 Å². The molecule has 0 amide bonds. The first-order valence-corrected chi connectivity index (χ1v) is 7.23. The van der Waals surface area contributed by atoms with Gasteiger partial charge in [0.25, 0.3) is 0 Å². The van der Waals surface area contributed by atoms with E-state index >= 15 is 0 Å². The van der Waals surface area contributed by atoms with Crippen molar-refractivity contribution in [2.45, 2.75) is 39.2 Å². The van der Waals surface area contributed by atoms with E-state index in [0.29, 0.717) is 6.42 Å². The Morgan fingerprint density at radius 3 is 2.44 bits per heavy atom. The second-order valence-corrected chi connectivity index (χ2v) is 6.34. The average molecular weight is 249 g/mol. The van der Waals surface area contributed by atoms with Gasteiger partial charge in [-0.3, -0.25) is 4.79 Å². The Morgan fingerprint density at radius 1 is 1.50 bits per heavy atom. The molecule has 1 aliphatic rings. The summed E-state index contributed by atoms with van der Waals surface area (Å²) in [5, 5.41) is 8.96. The summed E-state index contributed by atoms with van der Waals surface area (Å²) in [5.41, 5.74) is 0. The highest BCUT2D eigenvalue weighted by Gasteiger charge is 2.32. The molecule has 2 N–H and O–H groups in total. The Labute approximate surface area is 96.3 Å². The molecule has 0 radical (unpaired) electrons. The summed E-state index contributed by atoms with van der Waals surface area (Å²) in [6.07, 6.45) is 2.49. The molecular formula is C10H19NO4S. The quantitative estimate of drug-likeness (QED) is 0.699. The van der Waals surface area contributed by atoms with Gasteiger partial charge < -0.3 is 5.11 Å². The molecule has 1 rings (SSSR count). The number of carboxylic acids is 1. The molecule has 0 heterocycles. The highest BCUT2D eigenvalue weighted by Crippen LogP contribution is 2.30. The van der Waals surface area contributed by atoms with E-state index in [2.05, 4.69) is 4.72 Å². The Balaban J connectivity index is 2.62. The number of hydrogen-bond donors (Lipinski definition) is 2. The summed E-state index contributed by atoms with van der Waals surface area (Å²) in [6, 6.07) is -1.01. The largest absolute Gasteiger partial charge is 0.480 e. The van der Waals surface area contributed by atoms with Crippen LogP contribution in [0.25, 0.3) is 0 Å². The molecule has 0 aliphatic heterocycles. The molecule has 0 spiro atoms. The van der Waals surface area contributed by atoms with E-state index in [1.165, 1.54) is 0 Å². The summed E-state index contributed by atoms with van der Waals surface area (Å²) in [7, 11) is -3.45. The summed E-state index contributed by atoms with van der Waals surface area (Å²) >= 11 is 0. The number of carbonyl (C=O) groups is 1. The Bertz CT molecular complexity index is 348. The van der Waals surface area contributed by atoms with Crippen LogP contribution in [0.3, 0.4) is 0 Å². The van der Waals surface area contributed by atoms with E-state index < -0.39 is 22.0 Å². The van der Waals surface area contributed by atoms with E-state index in [0.717, 1.165) is 12.8 Å². The third-order valence-corrected chi connectivity index (χ3v) is 4.46. The van der Waals surface area contributed by atoms with Gasteiger partial charge in [-0.1, -0.05) is 20.3 Å². The van der Waals surface area contributed by atoms with Crippen molar-refractivity contribution < 1.29 is 18.3 Å². The maximum Gasteiger partial charge on any atom is 0.322 e. The van der Waals surface area contributed by atoms with Gasteiger partial charge in [-0.05, 0) is 24.7 Å². The van der Waals surface area contributed by atoms with Crippen LogP contribution in [0.2, 0.25) is 0 Å². The maximum atomic E-state index is 11.6. The molecule has 16 heavy (non-hydrogen) atoms. The molecule has 94 valence electrons. The molecule has 0 bridgehead atoms. The van der Waals surface area contributed by atoms with E-state index in [4.69, 9.17) is 5.11 Å². The molecule has 1 fully saturated rings. The molecule has 6 heteroatoms. The zero-order chi connectivity index (χ0) is 12.3. The number of sulfonamides is 1. The lowest BCUT2D eigenvalue weighted by atomic mass is 10.0. The number of aliphatic carboxylic acids is 1. The fourth-order valence-corrected chi connectivity index (χ4v) is 3.25. The van der Waals surface area contributed by atoms with Gasteiger partial charge in [0, 0.05) is 0 Å². The molecule has 2 atom stereocenters. The third kappa shape index (κ3) is 4.09. The fourth-order valence-electron chi connectivity index (χ4n) is 1.48. The van der Waals surface area contributed by atoms with Crippen molar-refractivity contribution >= 4 is 16.0 Å². The third-order valence-electron chi connectivity index (χ3n) is 2.94. The smallest absolute Gasteiger partial charge is 0.322 e. The van der Waals surface area contributed by atoms with Crippen LogP contribution >= 0.6 is 0 Å². The topological polar surface area (TPSA) is 83.5 Å². The van der Waals surface area contributed by atoms with Crippen molar-refractivity contribution in [2.75, 3.05) is 5.75 Å². The van der Waals surface area contributed by atoms with Gasteiger partial charge >= 0.3 is 5.97 Å². The minimum atomic E-state index is -3.45. The monoisotopic (exact) mass is 249 g/mol. The molecule has 1 saturated carbocycles. The van der Waals surface area contributed by atoms with E-state index in [1.807, 2.05) is 6.92 Å². The molecule has 0 saturated heterocycles. The van der Waals surface area contributed by atoms with Crippen LogP contribution < -0.4 is 4.72 Å². The average Bonchev–Trinajstić information content (AvgIpc) is 2.95. The van der Waals surface area contributed by atoms with Crippen LogP contribution in [-0.4, -0.2) is 31.3 Å². The molecule has 0 aromatic heterocycles. The molecule has 0 aromatic rings. The van der Waals surface area contributed by atoms with Gasteiger partial charge in [-0.2, -0.15) is 0 Å². The van der Waals surface area contributed by atoms with Crippen molar-refractivity contribution in [3.63, 3.8) is 0 Å². The second kappa shape index (κ2) is 5.14. The lowest BCUT2D eigenvalue weighted by Gasteiger charge is -2.19. The highest BCUT2D eigenvalue weighted by atomic mass is 32.2. The zero-order valence-corrected chi connectivity index (χ0v) is 10.5. The van der Waals surface area contributed by atoms with E-state index in [9.17, 15) is 13.2 Å². The van der Waals surface area contributed by atoms with Gasteiger partial charge in [0.15, 0.2) is 0 Å². The first-order chi connectivity index (χ1) is 7.35. The molecule has 1 aliphatic carbocycles. The predicted octanol–water partition coefficient (Wildman–Crippen LogP) is 0.815. The predicted molar refractivity (Wildman–Crippen MR) is 60.5 cm³/mol. The lowest BCUT2D eigenvalue weighted by Crippen LogP contribution is -2.45. The summed E-state index contributed by atoms with van der Waals surface area (Å²) in [4.78, 5) is 11.0. The standard InChI is InChI=1S/C10H19NO4S/c1-3-7(2)9(10(12)13)11-16(14,15)6-8-4-5-8/h7-9,11H,3-6H2,1-2H3,(H,12,13). The van der Waals surface area contributed by atoms with Crippen molar-refractivity contribution in [1.29, 1.82) is 0 Å². The van der Waals surface area contributed by atoms with Crippen molar-refractivity contribution in [3.8, 4) is 0 Å². The van der Waals surface area contributed by atoms with Gasteiger partial charge in [0.1, 0.15) is 6.04 Å². The minimum absolute atomic E-state index is 0.0627. The SMILES string of the molecule is CCC(C)C(NS(=O)(=O)CC1CC1)C(=O)O. The molecular weight excluding hydrogens is 230 g/mol. The normalized spacial score (nSPS) is 20.4. The Morgan fingerprint density at radius 2 is 2.06 bits per heavy atom. The lowest BCUT2D eigenvalue weighted by molar-refractivity contribution is -0.140. The van der Waals surface area contributed by atoms with Crippen LogP contribution in [0.5, 0.6) is 0 Å². The Hall–Kier alpha value is -0.620. The summed E-state index contributed by atoms with van der Waals surface area (Å²) < 4.78 is 25.6. The van der Waals surface area contributed by atoms with Crippen LogP contribution in [0, 0.1) is 11.8 Å². The number of rotatable bonds is 7. The van der Waals surface area contributed by atoms with Crippen LogP contribution in [-0.2, 0) is 14.8 Å². The zero-order valence-electron chi connectivity index (χ0n) is 9.64.